The molecule has 3 nitrogen and oxygen atoms in total. The van der Waals surface area contributed by atoms with Crippen molar-refractivity contribution in [2.45, 2.75) is 18.8 Å². The Morgan fingerprint density at radius 2 is 2.42 bits per heavy atom. The topological polar surface area (TPSA) is 44.5 Å². The molecule has 0 aromatic carbocycles. The highest BCUT2D eigenvalue weighted by atomic mass is 32.2. The number of ether oxygens (including phenoxy) is 2. The van der Waals surface area contributed by atoms with Crippen LogP contribution in [-0.4, -0.2) is 37.1 Å². The van der Waals surface area contributed by atoms with Crippen LogP contribution in [0.3, 0.4) is 0 Å². The summed E-state index contributed by atoms with van der Waals surface area (Å²) in [4.78, 5) is 0. The maximum absolute atomic E-state index is 5.63. The minimum atomic E-state index is 0.0357. The summed E-state index contributed by atoms with van der Waals surface area (Å²) >= 11 is 1.99. The van der Waals surface area contributed by atoms with Crippen LogP contribution in [-0.2, 0) is 9.47 Å². The van der Waals surface area contributed by atoms with Crippen molar-refractivity contribution in [1.29, 1.82) is 0 Å². The van der Waals surface area contributed by atoms with Gasteiger partial charge in [-0.05, 0) is 12.2 Å². The van der Waals surface area contributed by atoms with E-state index in [4.69, 9.17) is 15.2 Å². The Morgan fingerprint density at radius 1 is 1.50 bits per heavy atom. The van der Waals surface area contributed by atoms with E-state index in [0.29, 0.717) is 19.1 Å². The van der Waals surface area contributed by atoms with E-state index in [1.165, 1.54) is 17.9 Å². The number of hydrogen-bond acceptors (Lipinski definition) is 4. The van der Waals surface area contributed by atoms with Crippen molar-refractivity contribution in [2.75, 3.05) is 24.7 Å². The standard InChI is InChI=1S/C8H15NO2S/c9-3-7-4-10-8(11-7)6-1-2-12-5-6/h6-8H,1-5,9H2. The second kappa shape index (κ2) is 3.96. The average Bonchev–Trinajstić information content (AvgIpc) is 2.75. The SMILES string of the molecule is NCC1COC(C2CCSC2)O1. The predicted molar refractivity (Wildman–Crippen MR) is 49.1 cm³/mol. The fourth-order valence-electron chi connectivity index (χ4n) is 1.61. The van der Waals surface area contributed by atoms with Gasteiger partial charge in [-0.15, -0.1) is 0 Å². The molecule has 0 spiro atoms. The van der Waals surface area contributed by atoms with Crippen LogP contribution in [0, 0.1) is 5.92 Å². The minimum absolute atomic E-state index is 0.0357. The van der Waals surface area contributed by atoms with Gasteiger partial charge in [-0.25, -0.2) is 0 Å². The van der Waals surface area contributed by atoms with E-state index in [1.807, 2.05) is 11.8 Å². The summed E-state index contributed by atoms with van der Waals surface area (Å²) in [5.74, 6) is 3.04. The van der Waals surface area contributed by atoms with Gasteiger partial charge < -0.3 is 15.2 Å². The summed E-state index contributed by atoms with van der Waals surface area (Å²) in [6.07, 6.45) is 1.40. The van der Waals surface area contributed by atoms with Crippen molar-refractivity contribution in [3.8, 4) is 0 Å². The third-order valence-corrected chi connectivity index (χ3v) is 3.57. The molecule has 2 rings (SSSR count). The third kappa shape index (κ3) is 1.76. The molecule has 12 heavy (non-hydrogen) atoms. The first-order chi connectivity index (χ1) is 5.90. The first-order valence-electron chi connectivity index (χ1n) is 4.45. The Bertz CT molecular complexity index is 150. The van der Waals surface area contributed by atoms with Crippen molar-refractivity contribution < 1.29 is 9.47 Å². The van der Waals surface area contributed by atoms with E-state index in [2.05, 4.69) is 0 Å². The lowest BCUT2D eigenvalue weighted by atomic mass is 10.1. The van der Waals surface area contributed by atoms with Crippen LogP contribution in [0.15, 0.2) is 0 Å². The molecule has 2 aliphatic rings. The van der Waals surface area contributed by atoms with Gasteiger partial charge in [0.1, 0.15) is 0 Å². The van der Waals surface area contributed by atoms with Crippen molar-refractivity contribution >= 4 is 11.8 Å². The van der Waals surface area contributed by atoms with Gasteiger partial charge in [-0.3, -0.25) is 0 Å². The first kappa shape index (κ1) is 8.81. The zero-order chi connectivity index (χ0) is 8.39. The summed E-state index contributed by atoms with van der Waals surface area (Å²) in [6, 6.07) is 0. The fourth-order valence-corrected chi connectivity index (χ4v) is 2.87. The Hall–Kier alpha value is 0.230. The third-order valence-electron chi connectivity index (χ3n) is 2.39. The lowest BCUT2D eigenvalue weighted by Crippen LogP contribution is -2.25. The van der Waals surface area contributed by atoms with Gasteiger partial charge >= 0.3 is 0 Å². The first-order valence-corrected chi connectivity index (χ1v) is 5.60. The summed E-state index contributed by atoms with van der Waals surface area (Å²) in [6.45, 7) is 1.26. The van der Waals surface area contributed by atoms with Crippen LogP contribution in [0.25, 0.3) is 0 Å². The number of hydrogen-bond donors (Lipinski definition) is 1. The van der Waals surface area contributed by atoms with Crippen molar-refractivity contribution in [1.82, 2.24) is 0 Å². The Morgan fingerprint density at radius 3 is 3.00 bits per heavy atom. The summed E-state index contributed by atoms with van der Waals surface area (Å²) in [5, 5.41) is 0. The molecule has 3 atom stereocenters. The van der Waals surface area contributed by atoms with E-state index in [0.717, 1.165) is 0 Å². The van der Waals surface area contributed by atoms with Gasteiger partial charge in [-0.2, -0.15) is 11.8 Å². The van der Waals surface area contributed by atoms with Gasteiger partial charge in [0, 0.05) is 18.2 Å². The zero-order valence-corrected chi connectivity index (χ0v) is 7.89. The van der Waals surface area contributed by atoms with Gasteiger partial charge in [0.25, 0.3) is 0 Å². The van der Waals surface area contributed by atoms with E-state index in [1.54, 1.807) is 0 Å². The van der Waals surface area contributed by atoms with E-state index in [9.17, 15) is 0 Å². The van der Waals surface area contributed by atoms with Crippen LogP contribution in [0.2, 0.25) is 0 Å². The van der Waals surface area contributed by atoms with Gasteiger partial charge in [0.2, 0.25) is 0 Å². The molecule has 0 saturated carbocycles. The Balaban J connectivity index is 1.81. The molecule has 2 N–H and O–H groups in total. The molecule has 0 radical (unpaired) electrons. The summed E-state index contributed by atoms with van der Waals surface area (Å²) < 4.78 is 11.2. The number of rotatable bonds is 2. The smallest absolute Gasteiger partial charge is 0.161 e. The van der Waals surface area contributed by atoms with Gasteiger partial charge in [0.05, 0.1) is 12.7 Å². The van der Waals surface area contributed by atoms with Crippen LogP contribution in [0.1, 0.15) is 6.42 Å². The molecule has 3 unspecified atom stereocenters. The average molecular weight is 189 g/mol. The minimum Gasteiger partial charge on any atom is -0.350 e. The molecule has 0 aromatic rings. The maximum Gasteiger partial charge on any atom is 0.161 e. The number of thioether (sulfide) groups is 1. The molecule has 2 fully saturated rings. The monoisotopic (exact) mass is 189 g/mol. The van der Waals surface area contributed by atoms with E-state index < -0.39 is 0 Å². The molecule has 0 aromatic heterocycles. The maximum atomic E-state index is 5.63. The Kier molecular flexibility index (Phi) is 2.91. The molecule has 2 heterocycles. The summed E-state index contributed by atoms with van der Waals surface area (Å²) in [7, 11) is 0. The molecule has 0 amide bonds. The fraction of sp³-hybridized carbons (Fsp3) is 1.00. The van der Waals surface area contributed by atoms with Crippen molar-refractivity contribution in [2.24, 2.45) is 11.7 Å². The van der Waals surface area contributed by atoms with Crippen molar-refractivity contribution in [3.63, 3.8) is 0 Å². The molecular formula is C8H15NO2S. The highest BCUT2D eigenvalue weighted by molar-refractivity contribution is 7.99. The molecule has 0 bridgehead atoms. The Labute approximate surface area is 77.0 Å². The van der Waals surface area contributed by atoms with Gasteiger partial charge in [-0.1, -0.05) is 0 Å². The summed E-state index contributed by atoms with van der Waals surface area (Å²) in [5.41, 5.74) is 5.48. The lowest BCUT2D eigenvalue weighted by molar-refractivity contribution is -0.0882. The van der Waals surface area contributed by atoms with Crippen LogP contribution < -0.4 is 5.73 Å². The van der Waals surface area contributed by atoms with Crippen LogP contribution >= 0.6 is 11.8 Å². The molecule has 2 aliphatic heterocycles. The van der Waals surface area contributed by atoms with Crippen molar-refractivity contribution in [3.05, 3.63) is 0 Å². The molecule has 4 heteroatoms. The molecule has 70 valence electrons. The molecule has 0 aliphatic carbocycles. The molecule has 2 saturated heterocycles. The van der Waals surface area contributed by atoms with Gasteiger partial charge in [0.15, 0.2) is 6.29 Å². The van der Waals surface area contributed by atoms with Crippen LogP contribution in [0.5, 0.6) is 0 Å². The van der Waals surface area contributed by atoms with E-state index in [-0.39, 0.29) is 12.4 Å². The second-order valence-electron chi connectivity index (χ2n) is 3.32. The zero-order valence-electron chi connectivity index (χ0n) is 7.07. The number of nitrogens with two attached hydrogens (primary N) is 1. The second-order valence-corrected chi connectivity index (χ2v) is 4.47. The molecular weight excluding hydrogens is 174 g/mol. The quantitative estimate of drug-likeness (QED) is 0.684. The highest BCUT2D eigenvalue weighted by Crippen LogP contribution is 2.31. The van der Waals surface area contributed by atoms with Crippen LogP contribution in [0.4, 0.5) is 0 Å². The predicted octanol–water partition coefficient (Wildman–Crippen LogP) is 0.440. The van der Waals surface area contributed by atoms with E-state index >= 15 is 0 Å². The highest BCUT2D eigenvalue weighted by Gasteiger charge is 2.33. The largest absolute Gasteiger partial charge is 0.350 e. The normalized spacial score (nSPS) is 42.2. The lowest BCUT2D eigenvalue weighted by Gasteiger charge is -2.16.